The second-order valence-electron chi connectivity index (χ2n) is 12.3. The van der Waals surface area contributed by atoms with Crippen molar-refractivity contribution in [3.63, 3.8) is 0 Å². The molecule has 37 heavy (non-hydrogen) atoms. The molecule has 2 aliphatic rings. The fourth-order valence-corrected chi connectivity index (χ4v) is 6.96. The number of aryl methyl sites for hydroxylation is 2. The zero-order valence-electron chi connectivity index (χ0n) is 23.7. The summed E-state index contributed by atoms with van der Waals surface area (Å²) in [5, 5.41) is 0. The van der Waals surface area contributed by atoms with E-state index in [-0.39, 0.29) is 5.82 Å². The van der Waals surface area contributed by atoms with Gasteiger partial charge in [-0.3, -0.25) is 0 Å². The monoisotopic (exact) mass is 506 g/mol. The minimum Gasteiger partial charge on any atom is -0.384 e. The zero-order valence-corrected chi connectivity index (χ0v) is 23.7. The molecule has 0 atom stereocenters. The quantitative estimate of drug-likeness (QED) is 0.246. The maximum atomic E-state index is 15.1. The molecule has 1 nitrogen and oxygen atoms in total. The predicted molar refractivity (Wildman–Crippen MR) is 155 cm³/mol. The Morgan fingerprint density at radius 2 is 1.22 bits per heavy atom. The summed E-state index contributed by atoms with van der Waals surface area (Å²) in [5.41, 5.74) is 4.26. The molecule has 2 aliphatic carbocycles. The minimum atomic E-state index is -0.0716. The van der Waals surface area contributed by atoms with Crippen molar-refractivity contribution in [1.29, 1.82) is 0 Å². The van der Waals surface area contributed by atoms with Crippen LogP contribution in [0.15, 0.2) is 42.5 Å². The summed E-state index contributed by atoms with van der Waals surface area (Å²) in [6.07, 6.45) is 21.0. The molecule has 2 saturated carbocycles. The molecule has 2 heteroatoms. The van der Waals surface area contributed by atoms with Crippen LogP contribution in [0.1, 0.15) is 108 Å². The first kappa shape index (κ1) is 28.3. The van der Waals surface area contributed by atoms with Crippen LogP contribution < -0.4 is 0 Å². The first-order valence-corrected chi connectivity index (χ1v) is 15.5. The van der Waals surface area contributed by atoms with Gasteiger partial charge < -0.3 is 4.74 Å². The molecular weight excluding hydrogens is 455 g/mol. The Bertz CT molecular complexity index is 903. The standard InChI is InChI=1S/C35H51FO/c1-3-4-5-6-27-7-9-28(10-8-27)13-16-31-21-24-34(35(36)25-31)33-22-19-30(20-23-33)12-11-29-14-17-32(18-15-29)26-37-2/h19-25,27-29,32H,3-18,26H2,1-2H3. The van der Waals surface area contributed by atoms with Gasteiger partial charge in [0.05, 0.1) is 0 Å². The van der Waals surface area contributed by atoms with Gasteiger partial charge in [-0.15, -0.1) is 0 Å². The van der Waals surface area contributed by atoms with Crippen LogP contribution in [0.5, 0.6) is 0 Å². The number of hydrogen-bond donors (Lipinski definition) is 0. The number of halogens is 1. The third-order valence-electron chi connectivity index (χ3n) is 9.53. The molecule has 0 radical (unpaired) electrons. The molecule has 0 aromatic heterocycles. The lowest BCUT2D eigenvalue weighted by molar-refractivity contribution is 0.117. The maximum Gasteiger partial charge on any atom is 0.131 e. The summed E-state index contributed by atoms with van der Waals surface area (Å²) in [5.74, 6) is 3.34. The number of rotatable bonds is 13. The fraction of sp³-hybridized carbons (Fsp3) is 0.657. The average Bonchev–Trinajstić information content (AvgIpc) is 2.93. The Morgan fingerprint density at radius 3 is 1.78 bits per heavy atom. The highest BCUT2D eigenvalue weighted by Gasteiger charge is 2.22. The van der Waals surface area contributed by atoms with Crippen molar-refractivity contribution in [2.24, 2.45) is 23.7 Å². The van der Waals surface area contributed by atoms with Crippen LogP contribution in [0, 0.1) is 29.5 Å². The topological polar surface area (TPSA) is 9.23 Å². The molecule has 0 spiro atoms. The van der Waals surface area contributed by atoms with E-state index < -0.39 is 0 Å². The largest absolute Gasteiger partial charge is 0.384 e. The third kappa shape index (κ3) is 8.95. The van der Waals surface area contributed by atoms with Crippen LogP contribution in [0.2, 0.25) is 0 Å². The Hall–Kier alpha value is -1.67. The van der Waals surface area contributed by atoms with E-state index in [0.29, 0.717) is 0 Å². The van der Waals surface area contributed by atoms with Crippen molar-refractivity contribution in [2.45, 2.75) is 110 Å². The smallest absolute Gasteiger partial charge is 0.131 e. The summed E-state index contributed by atoms with van der Waals surface area (Å²) in [6, 6.07) is 14.6. The van der Waals surface area contributed by atoms with E-state index in [9.17, 15) is 0 Å². The molecule has 4 rings (SSSR count). The van der Waals surface area contributed by atoms with Crippen molar-refractivity contribution in [1.82, 2.24) is 0 Å². The number of ether oxygens (including phenoxy) is 1. The van der Waals surface area contributed by atoms with Gasteiger partial charge in [-0.2, -0.15) is 0 Å². The van der Waals surface area contributed by atoms with Gasteiger partial charge in [-0.1, -0.05) is 108 Å². The highest BCUT2D eigenvalue weighted by Crippen LogP contribution is 2.35. The number of unbranched alkanes of at least 4 members (excludes halogenated alkanes) is 2. The fourth-order valence-electron chi connectivity index (χ4n) is 6.96. The average molecular weight is 507 g/mol. The van der Waals surface area contributed by atoms with E-state index in [4.69, 9.17) is 4.74 Å². The van der Waals surface area contributed by atoms with E-state index in [1.807, 2.05) is 13.2 Å². The number of benzene rings is 2. The van der Waals surface area contributed by atoms with Gasteiger partial charge in [0.15, 0.2) is 0 Å². The van der Waals surface area contributed by atoms with E-state index in [0.717, 1.165) is 59.8 Å². The van der Waals surface area contributed by atoms with E-state index in [1.54, 1.807) is 6.07 Å². The number of hydrogen-bond acceptors (Lipinski definition) is 1. The summed E-state index contributed by atoms with van der Waals surface area (Å²) < 4.78 is 20.4. The molecule has 0 unspecified atom stereocenters. The zero-order chi connectivity index (χ0) is 25.9. The summed E-state index contributed by atoms with van der Waals surface area (Å²) in [7, 11) is 1.82. The molecule has 0 amide bonds. The van der Waals surface area contributed by atoms with E-state index in [2.05, 4.69) is 37.3 Å². The van der Waals surface area contributed by atoms with Crippen molar-refractivity contribution in [2.75, 3.05) is 13.7 Å². The molecule has 2 fully saturated rings. The molecule has 2 aromatic carbocycles. The predicted octanol–water partition coefficient (Wildman–Crippen LogP) is 10.2. The van der Waals surface area contributed by atoms with E-state index >= 15 is 4.39 Å². The van der Waals surface area contributed by atoms with Crippen LogP contribution in [0.3, 0.4) is 0 Å². The minimum absolute atomic E-state index is 0.0716. The SMILES string of the molecule is CCCCCC1CCC(CCc2ccc(-c3ccc(CCC4CCC(COC)CC4)cc3)c(F)c2)CC1. The molecule has 0 heterocycles. The lowest BCUT2D eigenvalue weighted by atomic mass is 9.78. The Morgan fingerprint density at radius 1 is 0.676 bits per heavy atom. The van der Waals surface area contributed by atoms with Crippen molar-refractivity contribution >= 4 is 0 Å². The second-order valence-corrected chi connectivity index (χ2v) is 12.3. The summed E-state index contributed by atoms with van der Waals surface area (Å²) in [6.45, 7) is 3.21. The third-order valence-corrected chi connectivity index (χ3v) is 9.53. The van der Waals surface area contributed by atoms with Crippen molar-refractivity contribution in [3.05, 3.63) is 59.4 Å². The van der Waals surface area contributed by atoms with Crippen LogP contribution in [-0.4, -0.2) is 13.7 Å². The van der Waals surface area contributed by atoms with Gasteiger partial charge in [0.1, 0.15) is 5.82 Å². The van der Waals surface area contributed by atoms with Gasteiger partial charge in [0, 0.05) is 19.3 Å². The van der Waals surface area contributed by atoms with Crippen molar-refractivity contribution < 1.29 is 9.13 Å². The van der Waals surface area contributed by atoms with Gasteiger partial charge in [0.25, 0.3) is 0 Å². The first-order valence-electron chi connectivity index (χ1n) is 15.5. The molecule has 0 N–H and O–H groups in total. The Kier molecular flexibility index (Phi) is 11.5. The van der Waals surface area contributed by atoms with E-state index in [1.165, 1.54) is 95.5 Å². The number of methoxy groups -OCH3 is 1. The summed E-state index contributed by atoms with van der Waals surface area (Å²) in [4.78, 5) is 0. The molecular formula is C35H51FO. The van der Waals surface area contributed by atoms with Gasteiger partial charge in [0.2, 0.25) is 0 Å². The second kappa shape index (κ2) is 15.1. The van der Waals surface area contributed by atoms with Gasteiger partial charge >= 0.3 is 0 Å². The Labute approximate surface area is 226 Å². The molecule has 0 bridgehead atoms. The lowest BCUT2D eigenvalue weighted by Gasteiger charge is -2.28. The Balaban J connectivity index is 1.20. The first-order chi connectivity index (χ1) is 18.1. The van der Waals surface area contributed by atoms with Crippen LogP contribution >= 0.6 is 0 Å². The highest BCUT2D eigenvalue weighted by atomic mass is 19.1. The van der Waals surface area contributed by atoms with Gasteiger partial charge in [-0.05, 0) is 85.0 Å². The van der Waals surface area contributed by atoms with Crippen LogP contribution in [0.4, 0.5) is 4.39 Å². The van der Waals surface area contributed by atoms with Crippen LogP contribution in [-0.2, 0) is 17.6 Å². The summed E-state index contributed by atoms with van der Waals surface area (Å²) >= 11 is 0. The molecule has 0 saturated heterocycles. The molecule has 204 valence electrons. The normalized spacial score (nSPS) is 24.3. The van der Waals surface area contributed by atoms with Crippen LogP contribution in [0.25, 0.3) is 11.1 Å². The lowest BCUT2D eigenvalue weighted by Crippen LogP contribution is -2.18. The maximum absolute atomic E-state index is 15.1. The van der Waals surface area contributed by atoms with Gasteiger partial charge in [-0.25, -0.2) is 4.39 Å². The molecule has 0 aliphatic heterocycles. The highest BCUT2D eigenvalue weighted by molar-refractivity contribution is 5.64. The molecule has 2 aromatic rings. The van der Waals surface area contributed by atoms with Crippen molar-refractivity contribution in [3.8, 4) is 11.1 Å².